The van der Waals surface area contributed by atoms with E-state index in [0.717, 1.165) is 0 Å². The SMILES string of the molecule is CC(O)=c1cc2nnc(=O)c3ccc(F)c([nH]1)c3-2.CNC(=O)c1cc2c3c(ccc(OC)c3n1)C(=O)NN2.CNC(=O)c1cc2n[nH]c(O)c3ccc(=NN)c([nH]1)c23.CNC(=O)c1cnc2c(Cl)ccc3c2c1NNC3=O.CNC(=O)c1cnc2c(OC)ccc3c2c1NNC3=O.CNC(=O)c1cnc2cccc3c2c1NNC3=O. The largest absolute Gasteiger partial charge is 0.510 e. The van der Waals surface area contributed by atoms with E-state index in [-0.39, 0.29) is 76.0 Å². The Balaban J connectivity index is 0.000000120. The van der Waals surface area contributed by atoms with Gasteiger partial charge in [-0.05, 0) is 97.9 Å². The maximum absolute atomic E-state index is 13.8. The van der Waals surface area contributed by atoms with Gasteiger partial charge in [-0.2, -0.15) is 10.2 Å². The molecule has 9 amide bonds. The number of nitrogens with zero attached hydrogens (tertiary/aromatic N) is 8. The predicted octanol–water partition coefficient (Wildman–Crippen LogP) is 4.18. The first-order valence-corrected chi connectivity index (χ1v) is 34.3. The number of hydrogen-bond acceptors (Lipinski definition) is 27. The number of rotatable bonds is 7. The summed E-state index contributed by atoms with van der Waals surface area (Å²) in [4.78, 5) is 140. The fraction of sp³-hybridized carbons (Fsp3) is 0.108. The molecule has 12 heterocycles. The molecule has 39 nitrogen and oxygen atoms in total. The van der Waals surface area contributed by atoms with E-state index in [2.05, 4.69) is 125 Å². The molecule has 12 aromatic rings. The molecule has 41 heteroatoms. The Morgan fingerprint density at radius 1 is 0.530 bits per heavy atom. The molecule has 6 aromatic heterocycles. The van der Waals surface area contributed by atoms with Crippen molar-refractivity contribution in [3.63, 3.8) is 0 Å². The highest BCUT2D eigenvalue weighted by Gasteiger charge is 2.30. The molecule has 0 aliphatic carbocycles. The van der Waals surface area contributed by atoms with Gasteiger partial charge in [0, 0.05) is 91.7 Å². The molecule has 582 valence electrons. The first-order chi connectivity index (χ1) is 55.4. The number of halogens is 2. The molecule has 6 aromatic carbocycles. The fourth-order valence-corrected chi connectivity index (χ4v) is 13.0. The number of carbonyl (C=O) groups excluding carboxylic acids is 9. The van der Waals surface area contributed by atoms with Crippen molar-refractivity contribution < 1.29 is 67.2 Å². The van der Waals surface area contributed by atoms with Crippen LogP contribution in [0.1, 0.15) is 100 Å². The van der Waals surface area contributed by atoms with Crippen LogP contribution in [0.5, 0.6) is 17.4 Å². The van der Waals surface area contributed by atoms with E-state index in [1.807, 2.05) is 0 Å². The number of ether oxygens (including phenoxy) is 2. The second-order valence-electron chi connectivity index (χ2n) is 24.7. The summed E-state index contributed by atoms with van der Waals surface area (Å²) in [6.07, 6.45) is 4.37. The van der Waals surface area contributed by atoms with E-state index >= 15 is 0 Å². The lowest BCUT2D eigenvalue weighted by atomic mass is 10.0. The molecule has 0 unspecified atom stereocenters. The van der Waals surface area contributed by atoms with Crippen LogP contribution in [0.3, 0.4) is 0 Å². The van der Waals surface area contributed by atoms with E-state index < -0.39 is 11.4 Å². The molecular formula is C74H63ClFN25O14. The summed E-state index contributed by atoms with van der Waals surface area (Å²) < 4.78 is 24.3. The highest BCUT2D eigenvalue weighted by atomic mass is 35.5. The van der Waals surface area contributed by atoms with Gasteiger partial charge in [-0.15, -0.1) is 10.2 Å². The number of H-pyrrole nitrogens is 3. The highest BCUT2D eigenvalue weighted by molar-refractivity contribution is 6.37. The zero-order chi connectivity index (χ0) is 82.0. The number of amides is 9. The van der Waals surface area contributed by atoms with Crippen molar-refractivity contribution in [3.8, 4) is 28.6 Å². The van der Waals surface area contributed by atoms with Crippen molar-refractivity contribution in [1.82, 2.24) is 98.6 Å². The second-order valence-corrected chi connectivity index (χ2v) is 25.1. The monoisotopic (exact) mass is 1580 g/mol. The Labute approximate surface area is 648 Å². The zero-order valence-electron chi connectivity index (χ0n) is 61.2. The molecule has 115 heavy (non-hydrogen) atoms. The minimum absolute atomic E-state index is 0.00468. The number of aromatic nitrogens is 10. The van der Waals surface area contributed by atoms with Gasteiger partial charge in [-0.3, -0.25) is 106 Å². The number of hydrazine groups is 4. The van der Waals surface area contributed by atoms with Gasteiger partial charge in [-0.25, -0.2) is 14.5 Å². The Hall–Kier alpha value is -16.2. The third-order valence-corrected chi connectivity index (χ3v) is 18.5. The average molecular weight is 1580 g/mol. The van der Waals surface area contributed by atoms with Crippen LogP contribution in [-0.2, 0) is 0 Å². The number of aliphatic hydroxyl groups is 1. The molecule has 0 spiro atoms. The molecule has 0 saturated carbocycles. The number of hydrogen-bond donors (Lipinski definition) is 19. The number of benzene rings is 6. The number of aromatic hydroxyl groups is 1. The number of pyridine rings is 6. The van der Waals surface area contributed by atoms with Crippen LogP contribution in [0.15, 0.2) is 126 Å². The molecule has 0 atom stereocenters. The van der Waals surface area contributed by atoms with Gasteiger partial charge in [0.2, 0.25) is 5.88 Å². The van der Waals surface area contributed by atoms with Crippen LogP contribution in [0.4, 0.5) is 27.1 Å². The van der Waals surface area contributed by atoms with Crippen molar-refractivity contribution >= 4 is 170 Å². The lowest BCUT2D eigenvalue weighted by Gasteiger charge is -2.22. The molecule has 18 rings (SSSR count). The molecule has 0 saturated heterocycles. The van der Waals surface area contributed by atoms with Gasteiger partial charge in [0.25, 0.3) is 58.7 Å². The summed E-state index contributed by atoms with van der Waals surface area (Å²) in [6.45, 7) is 1.47. The molecular weight excluding hydrogens is 1520 g/mol. The summed E-state index contributed by atoms with van der Waals surface area (Å²) in [5.74, 6) is 3.37. The summed E-state index contributed by atoms with van der Waals surface area (Å²) in [6, 6.07) is 25.7. The Morgan fingerprint density at radius 2 is 1.06 bits per heavy atom. The summed E-state index contributed by atoms with van der Waals surface area (Å²) in [5.41, 5.74) is 30.5. The van der Waals surface area contributed by atoms with Crippen molar-refractivity contribution in [2.45, 2.75) is 6.92 Å². The number of nitrogens with one attached hydrogen (secondary N) is 16. The van der Waals surface area contributed by atoms with E-state index in [1.54, 1.807) is 85.9 Å². The third kappa shape index (κ3) is 14.2. The predicted molar refractivity (Wildman–Crippen MR) is 419 cm³/mol. The number of nitrogens with two attached hydrogens (primary N) is 1. The topological polar surface area (TPSA) is 562 Å². The van der Waals surface area contributed by atoms with Crippen molar-refractivity contribution in [2.24, 2.45) is 10.9 Å². The lowest BCUT2D eigenvalue weighted by molar-refractivity contribution is 0.0948. The molecule has 0 fully saturated rings. The Kier molecular flexibility index (Phi) is 21.3. The van der Waals surface area contributed by atoms with E-state index in [0.29, 0.717) is 177 Å². The molecule has 0 bridgehead atoms. The number of aromatic amines is 3. The van der Waals surface area contributed by atoms with Gasteiger partial charge >= 0.3 is 0 Å². The van der Waals surface area contributed by atoms with Gasteiger partial charge in [0.1, 0.15) is 50.9 Å². The Morgan fingerprint density at radius 3 is 1.64 bits per heavy atom. The number of carbonyl (C=O) groups is 9. The van der Waals surface area contributed by atoms with Gasteiger partial charge in [-0.1, -0.05) is 17.7 Å². The Bertz CT molecular complexity index is 6670. The van der Waals surface area contributed by atoms with Gasteiger partial charge < -0.3 is 62.1 Å². The molecule has 6 aliphatic rings. The number of anilines is 4. The molecule has 6 aliphatic heterocycles. The van der Waals surface area contributed by atoms with Crippen LogP contribution < -0.4 is 102 Å². The summed E-state index contributed by atoms with van der Waals surface area (Å²) in [5, 5.41) is 54.6. The van der Waals surface area contributed by atoms with Crippen LogP contribution >= 0.6 is 11.6 Å². The highest BCUT2D eigenvalue weighted by Crippen LogP contribution is 2.39. The van der Waals surface area contributed by atoms with Gasteiger partial charge in [0.15, 0.2) is 0 Å². The second kappa shape index (κ2) is 31.8. The fourth-order valence-electron chi connectivity index (χ4n) is 12.7. The van der Waals surface area contributed by atoms with E-state index in [1.165, 1.54) is 86.1 Å². The van der Waals surface area contributed by atoms with Crippen molar-refractivity contribution in [3.05, 3.63) is 198 Å². The smallest absolute Gasteiger partial charge is 0.296 e. The number of methoxy groups -OCH3 is 2. The lowest BCUT2D eigenvalue weighted by Crippen LogP contribution is -2.35. The summed E-state index contributed by atoms with van der Waals surface area (Å²) in [7, 11) is 10.7. The first-order valence-electron chi connectivity index (χ1n) is 34.0. The van der Waals surface area contributed by atoms with Crippen LogP contribution in [-0.4, -0.2) is 163 Å². The van der Waals surface area contributed by atoms with E-state index in [9.17, 15) is 62.5 Å². The van der Waals surface area contributed by atoms with Crippen LogP contribution in [0.2, 0.25) is 5.02 Å². The number of aliphatic hydroxyl groups excluding tert-OH is 1. The maximum Gasteiger partial charge on any atom is 0.296 e. The van der Waals surface area contributed by atoms with Crippen molar-refractivity contribution in [1.29, 1.82) is 0 Å². The van der Waals surface area contributed by atoms with Crippen LogP contribution in [0, 0.1) is 5.82 Å². The minimum atomic E-state index is -0.511. The standard InChI is InChI=1S/2C13H12N4O3.C12H9ClN4O2.C12H8FN3O2.C12H12N6O2.C12H10N4O2/c1-14-13(19)8-5-7-10-6(12(18)17-16-7)3-4-9(20-2)11(10)15-8;1-14-12(18)7-5-15-11-8(20-2)4-3-6-9(11)10(7)16-17-13(6)19;1-14-11(18)6-4-15-10-7(13)3-2-5-8(10)9(6)16-17-12(5)19;1-5(17)8-4-9-10-6(12(18)16-15-9)2-3-7(13)11(10)14-8;1-14-12(20)8-4-7-9-5(11(19)18-17-7)2-3-6(16-13)10(9)15-8;1-13-11(17)7-5-14-8-4-2-3-6-9(8)10(7)15-16-12(6)18/h3-5,16H,1-2H3,(H,14,19)(H,17,18);3-5,16H,1-2H3,(H,14,18)(H,17,19);2-4,16H,1H3,(H,14,18)(H,17,19);2-4,14,17H,1H3;2-4,15,18-19H,13H2,1H3,(H,14,20);2-5,15H,1H3,(H,13,17)(H,16,18). The van der Waals surface area contributed by atoms with Crippen LogP contribution in [0.25, 0.3) is 93.3 Å². The maximum atomic E-state index is 13.8. The first kappa shape index (κ1) is 77.0. The third-order valence-electron chi connectivity index (χ3n) is 18.2. The van der Waals surface area contributed by atoms with E-state index in [4.69, 9.17) is 26.9 Å². The molecule has 0 radical (unpaired) electrons. The molecule has 20 N–H and O–H groups in total. The van der Waals surface area contributed by atoms with Gasteiger partial charge in [0.05, 0.1) is 125 Å². The van der Waals surface area contributed by atoms with Crippen molar-refractivity contribution in [2.75, 3.05) is 71.2 Å². The average Bonchev–Trinajstić information content (AvgIpc) is 0.781. The quantitative estimate of drug-likeness (QED) is 0.0786. The normalized spacial score (nSPS) is 12.7. The summed E-state index contributed by atoms with van der Waals surface area (Å²) >= 11 is 6.07. The minimum Gasteiger partial charge on any atom is -0.510 e. The zero-order valence-corrected chi connectivity index (χ0v) is 61.9.